The molecule has 1 heterocycles. The van der Waals surface area contributed by atoms with Crippen LogP contribution in [0.25, 0.3) is 0 Å². The van der Waals surface area contributed by atoms with Crippen LogP contribution in [-0.4, -0.2) is 69.7 Å². The molecule has 1 aromatic carbocycles. The highest BCUT2D eigenvalue weighted by atomic mass is 19.4. The number of nitrogens with one attached hydrogen (secondary N) is 1. The zero-order chi connectivity index (χ0) is 19.2. The third kappa shape index (κ3) is 5.98. The first-order valence-corrected chi connectivity index (χ1v) is 8.38. The van der Waals surface area contributed by atoms with E-state index in [0.717, 1.165) is 11.4 Å². The van der Waals surface area contributed by atoms with Gasteiger partial charge in [-0.2, -0.15) is 13.2 Å². The van der Waals surface area contributed by atoms with Gasteiger partial charge in [-0.25, -0.2) is 4.79 Å². The summed E-state index contributed by atoms with van der Waals surface area (Å²) in [6.45, 7) is 2.43. The summed E-state index contributed by atoms with van der Waals surface area (Å²) in [6, 6.07) is 6.88. The van der Waals surface area contributed by atoms with Crippen molar-refractivity contribution >= 4 is 11.7 Å². The molecule has 0 unspecified atom stereocenters. The lowest BCUT2D eigenvalue weighted by Crippen LogP contribution is -2.53. The van der Waals surface area contributed by atoms with Crippen molar-refractivity contribution in [2.45, 2.75) is 19.1 Å². The predicted octanol–water partition coefficient (Wildman–Crippen LogP) is 2.49. The van der Waals surface area contributed by atoms with Crippen molar-refractivity contribution in [1.82, 2.24) is 10.2 Å². The van der Waals surface area contributed by atoms with E-state index in [1.807, 2.05) is 24.3 Å². The summed E-state index contributed by atoms with van der Waals surface area (Å²) >= 11 is 0. The average Bonchev–Trinajstić information content (AvgIpc) is 2.60. The van der Waals surface area contributed by atoms with Crippen LogP contribution in [0.15, 0.2) is 24.3 Å². The van der Waals surface area contributed by atoms with E-state index in [2.05, 4.69) is 15.0 Å². The summed E-state index contributed by atoms with van der Waals surface area (Å²) < 4.78 is 46.1. The van der Waals surface area contributed by atoms with E-state index in [4.69, 9.17) is 4.74 Å². The van der Waals surface area contributed by atoms with Crippen LogP contribution in [0, 0.1) is 0 Å². The van der Waals surface area contributed by atoms with E-state index < -0.39 is 18.8 Å². The Morgan fingerprint density at radius 1 is 1.23 bits per heavy atom. The monoisotopic (exact) mass is 375 g/mol. The minimum atomic E-state index is -4.36. The Bertz CT molecular complexity index is 590. The van der Waals surface area contributed by atoms with Crippen molar-refractivity contribution in [1.29, 1.82) is 0 Å². The number of halogens is 3. The topological polar surface area (TPSA) is 54.0 Å². The van der Waals surface area contributed by atoms with Gasteiger partial charge < -0.3 is 24.6 Å². The second-order valence-corrected chi connectivity index (χ2v) is 6.13. The number of ether oxygens (including phenoxy) is 2. The second kappa shape index (κ2) is 8.98. The fourth-order valence-electron chi connectivity index (χ4n) is 2.74. The number of alkyl halides is 3. The van der Waals surface area contributed by atoms with E-state index in [1.165, 1.54) is 0 Å². The van der Waals surface area contributed by atoms with Gasteiger partial charge in [0.15, 0.2) is 0 Å². The molecule has 0 aromatic heterocycles. The van der Waals surface area contributed by atoms with E-state index in [1.54, 1.807) is 18.9 Å². The summed E-state index contributed by atoms with van der Waals surface area (Å²) in [5, 5.41) is 2.66. The molecule has 6 nitrogen and oxygen atoms in total. The fraction of sp³-hybridized carbons (Fsp3) is 0.588. The molecule has 146 valence electrons. The van der Waals surface area contributed by atoms with E-state index >= 15 is 0 Å². The number of rotatable bonds is 6. The predicted molar refractivity (Wildman–Crippen MR) is 91.6 cm³/mol. The molecule has 0 spiro atoms. The Labute approximate surface area is 150 Å². The molecule has 1 aromatic rings. The van der Waals surface area contributed by atoms with Crippen LogP contribution in [0.5, 0.6) is 5.75 Å². The number of carbonyl (C=O) groups excluding carboxylic acids is 1. The number of anilines is 1. The largest absolute Gasteiger partial charge is 0.495 e. The lowest BCUT2D eigenvalue weighted by Gasteiger charge is -2.37. The van der Waals surface area contributed by atoms with Crippen LogP contribution in [0.4, 0.5) is 23.7 Å². The number of hydrogen-bond donors (Lipinski definition) is 1. The Morgan fingerprint density at radius 3 is 2.50 bits per heavy atom. The van der Waals surface area contributed by atoms with Gasteiger partial charge in [0.1, 0.15) is 12.4 Å². The molecule has 1 fully saturated rings. The molecule has 0 aliphatic carbocycles. The van der Waals surface area contributed by atoms with Crippen molar-refractivity contribution in [3.63, 3.8) is 0 Å². The molecule has 26 heavy (non-hydrogen) atoms. The van der Waals surface area contributed by atoms with Gasteiger partial charge in [-0.15, -0.1) is 0 Å². The van der Waals surface area contributed by atoms with Gasteiger partial charge >= 0.3 is 12.2 Å². The molecule has 0 radical (unpaired) electrons. The van der Waals surface area contributed by atoms with Crippen LogP contribution in [0.1, 0.15) is 6.92 Å². The number of carbonyl (C=O) groups is 1. The fourth-order valence-corrected chi connectivity index (χ4v) is 2.74. The molecule has 9 heteroatoms. The molecule has 1 N–H and O–H groups in total. The van der Waals surface area contributed by atoms with Crippen LogP contribution in [0.2, 0.25) is 0 Å². The number of nitrogens with zero attached hydrogens (tertiary/aromatic N) is 2. The van der Waals surface area contributed by atoms with Crippen molar-refractivity contribution in [2.24, 2.45) is 0 Å². The van der Waals surface area contributed by atoms with Gasteiger partial charge in [-0.05, 0) is 19.1 Å². The number of methoxy groups -OCH3 is 1. The molecule has 1 atom stereocenters. The summed E-state index contributed by atoms with van der Waals surface area (Å²) in [5.41, 5.74) is 0.976. The minimum absolute atomic E-state index is 0.188. The maximum absolute atomic E-state index is 12.2. The molecule has 2 rings (SSSR count). The van der Waals surface area contributed by atoms with E-state index in [-0.39, 0.29) is 12.6 Å². The highest BCUT2D eigenvalue weighted by molar-refractivity contribution is 5.75. The quantitative estimate of drug-likeness (QED) is 0.830. The Morgan fingerprint density at radius 2 is 1.88 bits per heavy atom. The first-order valence-electron chi connectivity index (χ1n) is 8.38. The summed E-state index contributed by atoms with van der Waals surface area (Å²) in [6.07, 6.45) is -4.36. The third-order valence-electron chi connectivity index (χ3n) is 4.00. The maximum Gasteiger partial charge on any atom is 0.411 e. The Kier molecular flexibility index (Phi) is 6.96. The van der Waals surface area contributed by atoms with Crippen molar-refractivity contribution < 1.29 is 27.4 Å². The minimum Gasteiger partial charge on any atom is -0.495 e. The van der Waals surface area contributed by atoms with Crippen LogP contribution in [0.3, 0.4) is 0 Å². The standard InChI is InChI=1S/C17H24F3N3O3/c1-13(11-26-12-17(18,19)20)21-16(24)23-9-7-22(8-10-23)14-5-3-4-6-15(14)25-2/h3-6,13H,7-12H2,1-2H3,(H,21,24)/t13-/m0/s1. The number of hydrogen-bond acceptors (Lipinski definition) is 4. The molecular weight excluding hydrogens is 351 g/mol. The smallest absolute Gasteiger partial charge is 0.411 e. The number of para-hydroxylation sites is 2. The lowest BCUT2D eigenvalue weighted by atomic mass is 10.2. The second-order valence-electron chi connectivity index (χ2n) is 6.13. The first kappa shape index (κ1) is 20.2. The highest BCUT2D eigenvalue weighted by Gasteiger charge is 2.28. The summed E-state index contributed by atoms with van der Waals surface area (Å²) in [4.78, 5) is 16.0. The van der Waals surface area contributed by atoms with E-state index in [0.29, 0.717) is 26.2 Å². The van der Waals surface area contributed by atoms with Gasteiger partial charge in [0.25, 0.3) is 0 Å². The molecule has 1 aliphatic heterocycles. The van der Waals surface area contributed by atoms with Gasteiger partial charge in [0.05, 0.1) is 25.4 Å². The highest BCUT2D eigenvalue weighted by Crippen LogP contribution is 2.28. The Hall–Kier alpha value is -2.16. The normalized spacial score (nSPS) is 16.3. The SMILES string of the molecule is COc1ccccc1N1CCN(C(=O)N[C@@H](C)COCC(F)(F)F)CC1. The third-order valence-corrected chi connectivity index (χ3v) is 4.00. The first-order chi connectivity index (χ1) is 12.3. The number of piperazine rings is 1. The van der Waals surface area contributed by atoms with Crippen LogP contribution in [-0.2, 0) is 4.74 Å². The molecular formula is C17H24F3N3O3. The lowest BCUT2D eigenvalue weighted by molar-refractivity contribution is -0.174. The molecule has 0 bridgehead atoms. The number of benzene rings is 1. The van der Waals surface area contributed by atoms with Crippen LogP contribution < -0.4 is 15.0 Å². The molecule has 2 amide bonds. The van der Waals surface area contributed by atoms with Crippen molar-refractivity contribution in [3.8, 4) is 5.75 Å². The number of amides is 2. The molecule has 1 aliphatic rings. The van der Waals surface area contributed by atoms with Gasteiger partial charge in [0.2, 0.25) is 0 Å². The average molecular weight is 375 g/mol. The maximum atomic E-state index is 12.2. The molecule has 1 saturated heterocycles. The van der Waals surface area contributed by atoms with Crippen LogP contribution >= 0.6 is 0 Å². The van der Waals surface area contributed by atoms with Crippen molar-refractivity contribution in [2.75, 3.05) is 51.4 Å². The number of urea groups is 1. The van der Waals surface area contributed by atoms with Gasteiger partial charge in [0, 0.05) is 26.2 Å². The van der Waals surface area contributed by atoms with Gasteiger partial charge in [-0.1, -0.05) is 12.1 Å². The zero-order valence-corrected chi connectivity index (χ0v) is 14.9. The summed E-state index contributed by atoms with van der Waals surface area (Å²) in [5.74, 6) is 0.779. The van der Waals surface area contributed by atoms with Gasteiger partial charge in [-0.3, -0.25) is 0 Å². The summed E-state index contributed by atoms with van der Waals surface area (Å²) in [7, 11) is 1.62. The van der Waals surface area contributed by atoms with Crippen molar-refractivity contribution in [3.05, 3.63) is 24.3 Å². The Balaban J connectivity index is 1.77. The zero-order valence-electron chi connectivity index (χ0n) is 14.9. The van der Waals surface area contributed by atoms with E-state index in [9.17, 15) is 18.0 Å². The molecule has 0 saturated carbocycles.